The Morgan fingerprint density at radius 2 is 0.900 bits per heavy atom. The van der Waals surface area contributed by atoms with Crippen LogP contribution in [0.4, 0.5) is 0 Å². The Balaban J connectivity index is 3.33. The maximum absolute atomic E-state index is 6.15. The summed E-state index contributed by atoms with van der Waals surface area (Å²) in [7, 11) is 0. The molecule has 4 unspecified atom stereocenters. The molecule has 4 N–H and O–H groups in total. The van der Waals surface area contributed by atoms with Crippen molar-refractivity contribution in [1.82, 2.24) is 0 Å². The highest BCUT2D eigenvalue weighted by Crippen LogP contribution is 2.16. The second-order valence-corrected chi connectivity index (χ2v) is 6.80. The molecule has 4 atom stereocenters. The van der Waals surface area contributed by atoms with E-state index in [9.17, 15) is 0 Å². The predicted octanol–water partition coefficient (Wildman–Crippen LogP) is 4.85. The number of hydrogen-bond acceptors (Lipinski definition) is 2. The summed E-state index contributed by atoms with van der Waals surface area (Å²) in [4.78, 5) is 0. The van der Waals surface area contributed by atoms with E-state index in [1.165, 1.54) is 64.2 Å². The third-order valence-electron chi connectivity index (χ3n) is 5.07. The van der Waals surface area contributed by atoms with Gasteiger partial charge < -0.3 is 11.5 Å². The number of unbranched alkanes of at least 4 members (excludes halogenated alkanes) is 5. The molecular formula is C18H40N2. The molecule has 0 amide bonds. The molecular weight excluding hydrogens is 244 g/mol. The molecule has 0 aliphatic rings. The highest BCUT2D eigenvalue weighted by molar-refractivity contribution is 4.69. The van der Waals surface area contributed by atoms with Gasteiger partial charge in [0.15, 0.2) is 0 Å². The van der Waals surface area contributed by atoms with Crippen molar-refractivity contribution in [3.05, 3.63) is 0 Å². The SMILES string of the molecule is CCC(C)C(N)CCCCCCCCC(N)C(C)CC. The molecule has 20 heavy (non-hydrogen) atoms. The number of rotatable bonds is 13. The maximum Gasteiger partial charge on any atom is 0.00644 e. The van der Waals surface area contributed by atoms with E-state index in [0.29, 0.717) is 23.9 Å². The van der Waals surface area contributed by atoms with Crippen LogP contribution >= 0.6 is 0 Å². The van der Waals surface area contributed by atoms with Crippen LogP contribution in [0.25, 0.3) is 0 Å². The van der Waals surface area contributed by atoms with E-state index in [0.717, 1.165) is 0 Å². The zero-order valence-electron chi connectivity index (χ0n) is 14.5. The van der Waals surface area contributed by atoms with E-state index in [2.05, 4.69) is 27.7 Å². The fourth-order valence-electron chi connectivity index (χ4n) is 2.64. The standard InChI is InChI=1S/C18H40N2/c1-5-15(3)17(19)13-11-9-7-8-10-12-14-18(20)16(4)6-2/h15-18H,5-14,19-20H2,1-4H3. The number of hydrogen-bond donors (Lipinski definition) is 2. The second kappa shape index (κ2) is 12.6. The molecule has 0 aliphatic carbocycles. The van der Waals surface area contributed by atoms with Crippen molar-refractivity contribution in [2.24, 2.45) is 23.3 Å². The molecule has 0 aromatic heterocycles. The smallest absolute Gasteiger partial charge is 0.00644 e. The highest BCUT2D eigenvalue weighted by Gasteiger charge is 2.10. The summed E-state index contributed by atoms with van der Waals surface area (Å²) in [6.07, 6.45) is 12.9. The van der Waals surface area contributed by atoms with E-state index in [-0.39, 0.29) is 0 Å². The lowest BCUT2D eigenvalue weighted by atomic mass is 9.93. The Hall–Kier alpha value is -0.0800. The van der Waals surface area contributed by atoms with Crippen molar-refractivity contribution >= 4 is 0 Å². The largest absolute Gasteiger partial charge is 0.327 e. The first-order valence-electron chi connectivity index (χ1n) is 9.04. The minimum absolute atomic E-state index is 0.411. The summed E-state index contributed by atoms with van der Waals surface area (Å²) in [5.41, 5.74) is 12.3. The van der Waals surface area contributed by atoms with Gasteiger partial charge in [0.2, 0.25) is 0 Å². The molecule has 122 valence electrons. The summed E-state index contributed by atoms with van der Waals surface area (Å²) >= 11 is 0. The van der Waals surface area contributed by atoms with Crippen molar-refractivity contribution < 1.29 is 0 Å². The summed E-state index contributed by atoms with van der Waals surface area (Å²) in [6, 6.07) is 0.821. The van der Waals surface area contributed by atoms with Crippen LogP contribution in [0.15, 0.2) is 0 Å². The Bertz CT molecular complexity index is 184. The van der Waals surface area contributed by atoms with E-state index >= 15 is 0 Å². The van der Waals surface area contributed by atoms with Crippen LogP contribution in [0, 0.1) is 11.8 Å². The van der Waals surface area contributed by atoms with Gasteiger partial charge in [-0.25, -0.2) is 0 Å². The third kappa shape index (κ3) is 9.77. The molecule has 0 aromatic rings. The Kier molecular flexibility index (Phi) is 12.6. The normalized spacial score (nSPS) is 17.7. The Morgan fingerprint density at radius 3 is 1.20 bits per heavy atom. The van der Waals surface area contributed by atoms with E-state index in [1.807, 2.05) is 0 Å². The minimum atomic E-state index is 0.411. The van der Waals surface area contributed by atoms with Crippen LogP contribution in [-0.4, -0.2) is 12.1 Å². The minimum Gasteiger partial charge on any atom is -0.327 e. The van der Waals surface area contributed by atoms with Crippen molar-refractivity contribution in [3.63, 3.8) is 0 Å². The van der Waals surface area contributed by atoms with Gasteiger partial charge in [0.05, 0.1) is 0 Å². The van der Waals surface area contributed by atoms with Crippen molar-refractivity contribution in [3.8, 4) is 0 Å². The molecule has 0 radical (unpaired) electrons. The topological polar surface area (TPSA) is 52.0 Å². The average molecular weight is 285 g/mol. The lowest BCUT2D eigenvalue weighted by Crippen LogP contribution is -2.27. The monoisotopic (exact) mass is 284 g/mol. The number of nitrogens with two attached hydrogens (primary N) is 2. The molecule has 0 aromatic carbocycles. The van der Waals surface area contributed by atoms with E-state index in [1.54, 1.807) is 0 Å². The quantitative estimate of drug-likeness (QED) is 0.475. The molecule has 0 aliphatic heterocycles. The zero-order valence-corrected chi connectivity index (χ0v) is 14.5. The van der Waals surface area contributed by atoms with Gasteiger partial charge in [-0.05, 0) is 24.7 Å². The van der Waals surface area contributed by atoms with Crippen molar-refractivity contribution in [2.75, 3.05) is 0 Å². The van der Waals surface area contributed by atoms with Gasteiger partial charge in [-0.3, -0.25) is 0 Å². The van der Waals surface area contributed by atoms with Crippen LogP contribution < -0.4 is 11.5 Å². The summed E-state index contributed by atoms with van der Waals surface area (Å²) in [6.45, 7) is 9.00. The van der Waals surface area contributed by atoms with Gasteiger partial charge in [0.1, 0.15) is 0 Å². The van der Waals surface area contributed by atoms with Crippen LogP contribution in [0.5, 0.6) is 0 Å². The predicted molar refractivity (Wildman–Crippen MR) is 91.8 cm³/mol. The molecule has 0 bridgehead atoms. The van der Waals surface area contributed by atoms with Gasteiger partial charge in [0.25, 0.3) is 0 Å². The van der Waals surface area contributed by atoms with Gasteiger partial charge in [-0.2, -0.15) is 0 Å². The fourth-order valence-corrected chi connectivity index (χ4v) is 2.64. The van der Waals surface area contributed by atoms with Gasteiger partial charge in [-0.15, -0.1) is 0 Å². The van der Waals surface area contributed by atoms with Crippen LogP contribution in [0.3, 0.4) is 0 Å². The molecule has 0 saturated carbocycles. The lowest BCUT2D eigenvalue weighted by molar-refractivity contribution is 0.395. The first-order chi connectivity index (χ1) is 9.52. The van der Waals surface area contributed by atoms with Crippen molar-refractivity contribution in [1.29, 1.82) is 0 Å². The molecule has 0 fully saturated rings. The van der Waals surface area contributed by atoms with Gasteiger partial charge in [0, 0.05) is 12.1 Å². The van der Waals surface area contributed by atoms with Crippen LogP contribution in [0.1, 0.15) is 91.9 Å². The first-order valence-corrected chi connectivity index (χ1v) is 9.04. The average Bonchev–Trinajstić information content (AvgIpc) is 2.47. The van der Waals surface area contributed by atoms with Gasteiger partial charge >= 0.3 is 0 Å². The third-order valence-corrected chi connectivity index (χ3v) is 5.07. The molecule has 2 nitrogen and oxygen atoms in total. The highest BCUT2D eigenvalue weighted by atomic mass is 14.6. The van der Waals surface area contributed by atoms with E-state index in [4.69, 9.17) is 11.5 Å². The molecule has 2 heteroatoms. The zero-order chi connectivity index (χ0) is 15.4. The van der Waals surface area contributed by atoms with Crippen LogP contribution in [0.2, 0.25) is 0 Å². The van der Waals surface area contributed by atoms with Crippen LogP contribution in [-0.2, 0) is 0 Å². The molecule has 0 heterocycles. The van der Waals surface area contributed by atoms with Crippen molar-refractivity contribution in [2.45, 2.75) is 104 Å². The summed E-state index contributed by atoms with van der Waals surface area (Å²) in [5, 5.41) is 0. The molecule has 0 saturated heterocycles. The summed E-state index contributed by atoms with van der Waals surface area (Å²) in [5.74, 6) is 1.36. The molecule has 0 rings (SSSR count). The van der Waals surface area contributed by atoms with E-state index < -0.39 is 0 Å². The Labute approximate surface area is 128 Å². The van der Waals surface area contributed by atoms with Gasteiger partial charge in [-0.1, -0.05) is 79.1 Å². The first kappa shape index (κ1) is 19.9. The maximum atomic E-state index is 6.15. The molecule has 0 spiro atoms. The summed E-state index contributed by atoms with van der Waals surface area (Å²) < 4.78 is 0. The Morgan fingerprint density at radius 1 is 0.600 bits per heavy atom. The second-order valence-electron chi connectivity index (χ2n) is 6.80. The lowest BCUT2D eigenvalue weighted by Gasteiger charge is -2.18. The fraction of sp³-hybridized carbons (Fsp3) is 1.00.